The summed E-state index contributed by atoms with van der Waals surface area (Å²) in [5.74, 6) is -3.43. The van der Waals surface area contributed by atoms with E-state index in [1.807, 2.05) is 0 Å². The van der Waals surface area contributed by atoms with Crippen molar-refractivity contribution < 1.29 is 107 Å². The van der Waals surface area contributed by atoms with Crippen LogP contribution in [0, 0.1) is 0 Å². The minimum absolute atomic E-state index is 0. The first kappa shape index (κ1) is 29.1. The Morgan fingerprint density at radius 2 is 0.821 bits per heavy atom. The van der Waals surface area contributed by atoms with Gasteiger partial charge in [-0.05, 0) is 36.4 Å². The molecular formula is C24H11KO12S2-2. The molecule has 4 aromatic carbocycles. The first-order valence-corrected chi connectivity index (χ1v) is 13.2. The molecule has 0 bridgehead atoms. The minimum Gasteiger partial charge on any atom is -1.00 e. The van der Waals surface area contributed by atoms with Gasteiger partial charge in [0.05, 0.1) is 32.0 Å². The summed E-state index contributed by atoms with van der Waals surface area (Å²) in [5.41, 5.74) is 0.269. The summed E-state index contributed by atoms with van der Waals surface area (Å²) in [6, 6.07) is 12.8. The van der Waals surface area contributed by atoms with Crippen LogP contribution in [0.2, 0.25) is 0 Å². The summed E-state index contributed by atoms with van der Waals surface area (Å²) in [4.78, 5) is 45.4. The number of cyclic esters (lactones) is 4. The fraction of sp³-hybridized carbons (Fsp3) is 0. The number of carbonyl (C=O) groups excluding carboxylic acids is 4. The molecule has 2 heterocycles. The third kappa shape index (κ3) is 5.08. The van der Waals surface area contributed by atoms with Crippen LogP contribution in [0.15, 0.2) is 70.5 Å². The minimum atomic E-state index is -4.70. The predicted molar refractivity (Wildman–Crippen MR) is 124 cm³/mol. The Kier molecular flexibility index (Phi) is 7.67. The van der Waals surface area contributed by atoms with Crippen LogP contribution in [0.25, 0.3) is 21.5 Å². The Morgan fingerprint density at radius 1 is 0.513 bits per heavy atom. The van der Waals surface area contributed by atoms with Crippen LogP contribution < -0.4 is 51.4 Å². The SMILES string of the molecule is O=C1OC(=O)c2ccc(S(=O)(=O)[O-])c3cccc1c23.O=C1OC(=O)c2ccc(S(=O)(=O)[O-])c3cccc1c23.[H-].[K+]. The van der Waals surface area contributed by atoms with Crippen molar-refractivity contribution in [3.8, 4) is 0 Å². The maximum absolute atomic E-state index is 11.6. The third-order valence-electron chi connectivity index (χ3n) is 5.79. The van der Waals surface area contributed by atoms with Crippen LogP contribution in [0.3, 0.4) is 0 Å². The number of benzene rings is 4. The van der Waals surface area contributed by atoms with E-state index in [0.29, 0.717) is 0 Å². The van der Waals surface area contributed by atoms with Crippen molar-refractivity contribution in [2.45, 2.75) is 9.79 Å². The van der Waals surface area contributed by atoms with E-state index in [1.54, 1.807) is 0 Å². The molecule has 0 amide bonds. The molecule has 12 nitrogen and oxygen atoms in total. The third-order valence-corrected chi connectivity index (χ3v) is 7.58. The molecule has 4 aromatic rings. The number of esters is 4. The fourth-order valence-corrected chi connectivity index (χ4v) is 5.61. The van der Waals surface area contributed by atoms with E-state index in [1.165, 1.54) is 48.5 Å². The summed E-state index contributed by atoms with van der Waals surface area (Å²) >= 11 is 0. The molecule has 0 saturated heterocycles. The van der Waals surface area contributed by atoms with Gasteiger partial charge in [0.25, 0.3) is 0 Å². The smallest absolute Gasteiger partial charge is 1.00 e. The number of hydrogen-bond donors (Lipinski definition) is 0. The summed E-state index contributed by atoms with van der Waals surface area (Å²) in [5, 5.41) is 0.381. The second-order valence-electron chi connectivity index (χ2n) is 7.94. The van der Waals surface area contributed by atoms with Gasteiger partial charge < -0.3 is 20.0 Å². The van der Waals surface area contributed by atoms with E-state index in [0.717, 1.165) is 12.1 Å². The van der Waals surface area contributed by atoms with E-state index >= 15 is 0 Å². The van der Waals surface area contributed by atoms with E-state index in [4.69, 9.17) is 0 Å². The molecule has 6 rings (SSSR count). The molecule has 0 N–H and O–H groups in total. The Hall–Kier alpha value is -2.86. The summed E-state index contributed by atoms with van der Waals surface area (Å²) in [6.07, 6.45) is 0. The Bertz CT molecular complexity index is 1820. The molecule has 2 aliphatic rings. The van der Waals surface area contributed by atoms with Crippen molar-refractivity contribution in [3.63, 3.8) is 0 Å². The molecule has 0 saturated carbocycles. The largest absolute Gasteiger partial charge is 1.00 e. The Morgan fingerprint density at radius 3 is 1.13 bits per heavy atom. The average Bonchev–Trinajstić information content (AvgIpc) is 2.84. The predicted octanol–water partition coefficient (Wildman–Crippen LogP) is -0.774. The van der Waals surface area contributed by atoms with Crippen LogP contribution in [0.1, 0.15) is 42.9 Å². The van der Waals surface area contributed by atoms with Gasteiger partial charge in [-0.3, -0.25) is 0 Å². The zero-order valence-electron chi connectivity index (χ0n) is 20.5. The van der Waals surface area contributed by atoms with Gasteiger partial charge in [0.1, 0.15) is 20.2 Å². The molecule has 39 heavy (non-hydrogen) atoms. The second kappa shape index (κ2) is 10.3. The molecule has 0 atom stereocenters. The van der Waals surface area contributed by atoms with Crippen LogP contribution in [-0.2, 0) is 29.7 Å². The number of rotatable bonds is 2. The van der Waals surface area contributed by atoms with E-state index < -0.39 is 53.9 Å². The van der Waals surface area contributed by atoms with Crippen molar-refractivity contribution in [2.75, 3.05) is 0 Å². The fourth-order valence-electron chi connectivity index (χ4n) is 4.26. The molecule has 0 aliphatic carbocycles. The van der Waals surface area contributed by atoms with Gasteiger partial charge >= 0.3 is 75.3 Å². The monoisotopic (exact) mass is 594 g/mol. The van der Waals surface area contributed by atoms with Gasteiger partial charge in [0, 0.05) is 21.5 Å². The van der Waals surface area contributed by atoms with Crippen LogP contribution in [0.4, 0.5) is 0 Å². The molecule has 0 fully saturated rings. The molecule has 194 valence electrons. The Labute approximate surface area is 263 Å². The molecule has 0 spiro atoms. The zero-order chi connectivity index (χ0) is 27.6. The van der Waals surface area contributed by atoms with Crippen LogP contribution >= 0.6 is 0 Å². The maximum atomic E-state index is 11.6. The molecule has 15 heteroatoms. The van der Waals surface area contributed by atoms with Gasteiger partial charge in [0.15, 0.2) is 0 Å². The quantitative estimate of drug-likeness (QED) is 0.122. The Balaban J connectivity index is 0.000000210. The van der Waals surface area contributed by atoms with E-state index in [2.05, 4.69) is 9.47 Å². The molecule has 0 radical (unpaired) electrons. The molecule has 0 aromatic heterocycles. The number of hydrogen-bond acceptors (Lipinski definition) is 12. The van der Waals surface area contributed by atoms with Crippen molar-refractivity contribution in [2.24, 2.45) is 0 Å². The van der Waals surface area contributed by atoms with Crippen molar-refractivity contribution in [1.29, 1.82) is 0 Å². The van der Waals surface area contributed by atoms with Gasteiger partial charge in [-0.1, -0.05) is 24.3 Å². The number of carbonyl (C=O) groups is 4. The average molecular weight is 595 g/mol. The van der Waals surface area contributed by atoms with Gasteiger partial charge in [-0.15, -0.1) is 0 Å². The summed E-state index contributed by atoms with van der Waals surface area (Å²) in [6.45, 7) is 0. The molecular weight excluding hydrogens is 583 g/mol. The van der Waals surface area contributed by atoms with E-state index in [9.17, 15) is 45.1 Å². The van der Waals surface area contributed by atoms with Crippen LogP contribution in [-0.4, -0.2) is 49.8 Å². The normalized spacial score (nSPS) is 14.2. The van der Waals surface area contributed by atoms with Gasteiger partial charge in [-0.25, -0.2) is 36.0 Å². The number of ether oxygens (including phenoxy) is 2. The molecule has 0 unspecified atom stereocenters. The molecule has 2 aliphatic heterocycles. The van der Waals surface area contributed by atoms with Crippen molar-refractivity contribution >= 4 is 65.7 Å². The topological polar surface area (TPSA) is 201 Å². The van der Waals surface area contributed by atoms with Crippen molar-refractivity contribution in [1.82, 2.24) is 0 Å². The van der Waals surface area contributed by atoms with Gasteiger partial charge in [0.2, 0.25) is 0 Å². The van der Waals surface area contributed by atoms with Crippen LogP contribution in [0.5, 0.6) is 0 Å². The van der Waals surface area contributed by atoms with Gasteiger partial charge in [-0.2, -0.15) is 0 Å². The summed E-state index contributed by atoms with van der Waals surface area (Å²) < 4.78 is 76.1. The van der Waals surface area contributed by atoms with E-state index in [-0.39, 0.29) is 96.6 Å². The first-order valence-electron chi connectivity index (χ1n) is 10.4. The standard InChI is InChI=1S/2C12H6O6S.K.H/c2*13-11-7-3-1-2-6-9(19(15,16)17)5-4-8(10(6)7)12(14)18-11;;/h2*1-5H,(H,15,16,17);;/q;;+1;-1/p-2. The second-order valence-corrected chi connectivity index (χ2v) is 10.6. The zero-order valence-corrected chi connectivity index (χ0v) is 24.2. The summed E-state index contributed by atoms with van der Waals surface area (Å²) in [7, 11) is -9.39. The maximum Gasteiger partial charge on any atom is 1.00 e. The first-order chi connectivity index (χ1) is 17.8. The van der Waals surface area contributed by atoms with Crippen molar-refractivity contribution in [3.05, 3.63) is 82.9 Å².